The number of rotatable bonds is 12. The highest BCUT2D eigenvalue weighted by Gasteiger charge is 2.24. The van der Waals surface area contributed by atoms with Crippen LogP contribution in [0.25, 0.3) is 0 Å². The summed E-state index contributed by atoms with van der Waals surface area (Å²) in [7, 11) is -1.31. The third kappa shape index (κ3) is 12.5. The maximum atomic E-state index is 11.9. The van der Waals surface area contributed by atoms with Crippen LogP contribution in [0.2, 0.25) is 25.7 Å². The highest BCUT2D eigenvalue weighted by Crippen LogP contribution is 2.08. The van der Waals surface area contributed by atoms with Crippen molar-refractivity contribution in [3.8, 4) is 0 Å². The molecule has 0 aromatic heterocycles. The monoisotopic (exact) mass is 403 g/mol. The van der Waals surface area contributed by atoms with Crippen LogP contribution in [0.15, 0.2) is 0 Å². The third-order valence-electron chi connectivity index (χ3n) is 3.48. The molecule has 0 aliphatic heterocycles. The summed E-state index contributed by atoms with van der Waals surface area (Å²) < 4.78 is 5.07. The smallest absolute Gasteiger partial charge is 0.306 e. The van der Waals surface area contributed by atoms with E-state index in [1.165, 1.54) is 6.92 Å². The molecule has 0 radical (unpaired) electrons. The van der Waals surface area contributed by atoms with Crippen LogP contribution in [-0.2, 0) is 28.7 Å². The summed E-state index contributed by atoms with van der Waals surface area (Å²) in [5, 5.41) is 13.2. The lowest BCUT2D eigenvalue weighted by molar-refractivity contribution is -0.144. The maximum absolute atomic E-state index is 11.9. The van der Waals surface area contributed by atoms with E-state index < -0.39 is 56.2 Å². The molecule has 2 unspecified atom stereocenters. The number of ether oxygens (including phenoxy) is 1. The lowest BCUT2D eigenvalue weighted by Gasteiger charge is -2.18. The third-order valence-corrected chi connectivity index (χ3v) is 5.18. The molecule has 154 valence electrons. The summed E-state index contributed by atoms with van der Waals surface area (Å²) in [5.41, 5.74) is 5.03. The standard InChI is InChI=1S/C16H29N3O7Si/c1-10(16(25)19-11(15(17)24)9-13(21)22)18-12(20)5-6-14(23)26-7-8-27(2,3)4/h10-11H,5-9H2,1-4H3,(H2,17,24)(H,18,20)(H,19,25)(H,21,22). The summed E-state index contributed by atoms with van der Waals surface area (Å²) in [6, 6.07) is -1.58. The molecule has 0 bridgehead atoms. The van der Waals surface area contributed by atoms with Gasteiger partial charge in [-0.3, -0.25) is 24.0 Å². The van der Waals surface area contributed by atoms with Crippen molar-refractivity contribution < 1.29 is 33.8 Å². The Labute approximate surface area is 159 Å². The first-order valence-electron chi connectivity index (χ1n) is 8.58. The first kappa shape index (κ1) is 24.6. The normalized spacial score (nSPS) is 13.2. The van der Waals surface area contributed by atoms with E-state index in [0.717, 1.165) is 6.04 Å². The first-order chi connectivity index (χ1) is 12.3. The van der Waals surface area contributed by atoms with Gasteiger partial charge in [-0.05, 0) is 13.0 Å². The summed E-state index contributed by atoms with van der Waals surface area (Å²) >= 11 is 0. The van der Waals surface area contributed by atoms with Crippen molar-refractivity contribution >= 4 is 37.7 Å². The van der Waals surface area contributed by atoms with Crippen molar-refractivity contribution in [2.24, 2.45) is 5.73 Å². The van der Waals surface area contributed by atoms with Crippen LogP contribution < -0.4 is 16.4 Å². The number of nitrogens with one attached hydrogen (secondary N) is 2. The molecule has 11 heteroatoms. The zero-order chi connectivity index (χ0) is 21.2. The molecule has 0 spiro atoms. The van der Waals surface area contributed by atoms with Gasteiger partial charge in [-0.1, -0.05) is 19.6 Å². The van der Waals surface area contributed by atoms with E-state index in [1.807, 2.05) is 0 Å². The SMILES string of the molecule is CC(NC(=O)CCC(=O)OCC[Si](C)(C)C)C(=O)NC(CC(=O)O)C(N)=O. The molecule has 0 saturated heterocycles. The number of esters is 1. The average Bonchev–Trinajstić information content (AvgIpc) is 2.50. The van der Waals surface area contributed by atoms with Crippen molar-refractivity contribution in [2.75, 3.05) is 6.61 Å². The van der Waals surface area contributed by atoms with Crippen molar-refractivity contribution in [1.29, 1.82) is 0 Å². The molecule has 2 atom stereocenters. The second kappa shape index (κ2) is 11.3. The Hall–Kier alpha value is -2.43. The van der Waals surface area contributed by atoms with E-state index in [-0.39, 0.29) is 12.8 Å². The van der Waals surface area contributed by atoms with Gasteiger partial charge in [0.1, 0.15) is 12.1 Å². The minimum absolute atomic E-state index is 0.116. The summed E-state index contributed by atoms with van der Waals surface area (Å²) in [6.45, 7) is 8.14. The molecule has 3 amide bonds. The predicted molar refractivity (Wildman–Crippen MR) is 99.3 cm³/mol. The molecule has 0 aliphatic carbocycles. The Morgan fingerprint density at radius 2 is 1.67 bits per heavy atom. The molecular formula is C16H29N3O7Si. The number of hydrogen-bond donors (Lipinski definition) is 4. The molecule has 0 aliphatic rings. The van der Waals surface area contributed by atoms with Gasteiger partial charge in [-0.25, -0.2) is 0 Å². The Bertz CT molecular complexity index is 575. The number of amides is 3. The highest BCUT2D eigenvalue weighted by molar-refractivity contribution is 6.76. The summed E-state index contributed by atoms with van der Waals surface area (Å²) in [5.74, 6) is -4.09. The number of primary amides is 1. The molecule has 0 heterocycles. The van der Waals surface area contributed by atoms with Crippen molar-refractivity contribution in [2.45, 2.75) is 64.0 Å². The van der Waals surface area contributed by atoms with Gasteiger partial charge in [-0.2, -0.15) is 0 Å². The topological polar surface area (TPSA) is 165 Å². The number of aliphatic carboxylic acids is 1. The van der Waals surface area contributed by atoms with Crippen LogP contribution in [0.3, 0.4) is 0 Å². The first-order valence-corrected chi connectivity index (χ1v) is 12.3. The van der Waals surface area contributed by atoms with Gasteiger partial charge in [0.05, 0.1) is 19.4 Å². The molecule has 10 nitrogen and oxygen atoms in total. The Morgan fingerprint density at radius 3 is 2.15 bits per heavy atom. The van der Waals surface area contributed by atoms with E-state index >= 15 is 0 Å². The minimum atomic E-state index is -1.38. The van der Waals surface area contributed by atoms with Gasteiger partial charge in [-0.15, -0.1) is 0 Å². The number of carbonyl (C=O) groups excluding carboxylic acids is 4. The van der Waals surface area contributed by atoms with E-state index in [0.29, 0.717) is 6.61 Å². The molecule has 5 N–H and O–H groups in total. The van der Waals surface area contributed by atoms with E-state index in [9.17, 15) is 24.0 Å². The van der Waals surface area contributed by atoms with Crippen LogP contribution in [-0.4, -0.2) is 61.5 Å². The Balaban J connectivity index is 4.29. The molecular weight excluding hydrogens is 374 g/mol. The van der Waals surface area contributed by atoms with Gasteiger partial charge in [0, 0.05) is 14.5 Å². The van der Waals surface area contributed by atoms with E-state index in [1.54, 1.807) is 0 Å². The Kier molecular flexibility index (Phi) is 10.3. The lowest BCUT2D eigenvalue weighted by Crippen LogP contribution is -2.52. The van der Waals surface area contributed by atoms with Crippen LogP contribution in [0, 0.1) is 0 Å². The van der Waals surface area contributed by atoms with E-state index in [4.69, 9.17) is 15.6 Å². The zero-order valence-electron chi connectivity index (χ0n) is 16.2. The number of carboxylic acids is 1. The molecule has 27 heavy (non-hydrogen) atoms. The predicted octanol–water partition coefficient (Wildman–Crippen LogP) is -0.402. The average molecular weight is 404 g/mol. The largest absolute Gasteiger partial charge is 0.481 e. The molecule has 0 rings (SSSR count). The Morgan fingerprint density at radius 1 is 1.07 bits per heavy atom. The zero-order valence-corrected chi connectivity index (χ0v) is 17.2. The van der Waals surface area contributed by atoms with E-state index in [2.05, 4.69) is 30.3 Å². The lowest BCUT2D eigenvalue weighted by atomic mass is 10.1. The fourth-order valence-corrected chi connectivity index (χ4v) is 2.55. The van der Waals surface area contributed by atoms with Crippen LogP contribution in [0.1, 0.15) is 26.2 Å². The van der Waals surface area contributed by atoms with Crippen molar-refractivity contribution in [3.63, 3.8) is 0 Å². The molecule has 0 aromatic rings. The number of carboxylic acid groups (broad SMARTS) is 1. The highest BCUT2D eigenvalue weighted by atomic mass is 28.3. The fraction of sp³-hybridized carbons (Fsp3) is 0.688. The van der Waals surface area contributed by atoms with Gasteiger partial charge in [0.25, 0.3) is 0 Å². The quantitative estimate of drug-likeness (QED) is 0.254. The number of nitrogens with two attached hydrogens (primary N) is 1. The molecule has 0 aromatic carbocycles. The van der Waals surface area contributed by atoms with Crippen molar-refractivity contribution in [1.82, 2.24) is 10.6 Å². The number of carbonyl (C=O) groups is 5. The molecule has 0 saturated carbocycles. The number of hydrogen-bond acceptors (Lipinski definition) is 6. The second-order valence-electron chi connectivity index (χ2n) is 7.38. The van der Waals surface area contributed by atoms with Crippen molar-refractivity contribution in [3.05, 3.63) is 0 Å². The summed E-state index contributed by atoms with van der Waals surface area (Å²) in [6.07, 6.45) is -0.933. The fourth-order valence-electron chi connectivity index (χ4n) is 1.83. The van der Waals surface area contributed by atoms with Gasteiger partial charge in [0.15, 0.2) is 0 Å². The van der Waals surface area contributed by atoms with Gasteiger partial charge in [0.2, 0.25) is 17.7 Å². The van der Waals surface area contributed by atoms with Crippen LogP contribution in [0.4, 0.5) is 0 Å². The summed E-state index contributed by atoms with van der Waals surface area (Å²) in [4.78, 5) is 57.2. The minimum Gasteiger partial charge on any atom is -0.481 e. The van der Waals surface area contributed by atoms with Crippen LogP contribution >= 0.6 is 0 Å². The van der Waals surface area contributed by atoms with Gasteiger partial charge >= 0.3 is 11.9 Å². The molecule has 0 fully saturated rings. The van der Waals surface area contributed by atoms with Gasteiger partial charge < -0.3 is 26.2 Å². The van der Waals surface area contributed by atoms with Crippen LogP contribution in [0.5, 0.6) is 0 Å². The second-order valence-corrected chi connectivity index (χ2v) is 13.0. The maximum Gasteiger partial charge on any atom is 0.306 e.